The Balaban J connectivity index is 2.07. The van der Waals surface area contributed by atoms with E-state index in [0.717, 1.165) is 70.9 Å². The summed E-state index contributed by atoms with van der Waals surface area (Å²) in [4.78, 5) is 29.8. The van der Waals surface area contributed by atoms with Gasteiger partial charge in [0.2, 0.25) is 0 Å². The van der Waals surface area contributed by atoms with Gasteiger partial charge >= 0.3 is 11.9 Å². The van der Waals surface area contributed by atoms with Gasteiger partial charge in [0, 0.05) is 28.2 Å². The zero-order valence-electron chi connectivity index (χ0n) is 44.0. The molecule has 5 heteroatoms. The summed E-state index contributed by atoms with van der Waals surface area (Å²) < 4.78 is 12.6. The lowest BCUT2D eigenvalue weighted by atomic mass is 9.91. The molecule has 0 saturated carbocycles. The van der Waals surface area contributed by atoms with Gasteiger partial charge in [0.15, 0.2) is 11.5 Å². The predicted octanol–water partition coefficient (Wildman–Crippen LogP) is 18.4. The monoisotopic (exact) mass is 891 g/mol. The molecule has 0 fully saturated rings. The van der Waals surface area contributed by atoms with Crippen molar-refractivity contribution in [3.8, 4) is 11.5 Å². The van der Waals surface area contributed by atoms with E-state index in [-0.39, 0.29) is 23.8 Å². The van der Waals surface area contributed by atoms with Crippen molar-refractivity contribution in [3.05, 3.63) is 45.5 Å². The maximum Gasteiger partial charge on any atom is 0.311 e. The minimum atomic E-state index is -0.257. The number of ether oxygens (including phenoxy) is 2. The van der Waals surface area contributed by atoms with Crippen molar-refractivity contribution >= 4 is 23.7 Å². The average Bonchev–Trinajstić information content (AvgIpc) is 3.19. The first-order valence-corrected chi connectivity index (χ1v) is 26.8. The maximum atomic E-state index is 13.8. The third-order valence-electron chi connectivity index (χ3n) is 14.2. The summed E-state index contributed by atoms with van der Waals surface area (Å²) in [5.41, 5.74) is 6.47. The van der Waals surface area contributed by atoms with Gasteiger partial charge in [-0.15, -0.1) is 0 Å². The van der Waals surface area contributed by atoms with Crippen LogP contribution in [-0.4, -0.2) is 11.9 Å². The van der Waals surface area contributed by atoms with Gasteiger partial charge in [0.25, 0.3) is 0 Å². The van der Waals surface area contributed by atoms with Crippen molar-refractivity contribution in [1.29, 1.82) is 0 Å². The van der Waals surface area contributed by atoms with Crippen LogP contribution in [0, 0.1) is 88.9 Å². The molecule has 6 atom stereocenters. The third kappa shape index (κ3) is 22.2. The molecule has 0 saturated heterocycles. The maximum absolute atomic E-state index is 13.8. The van der Waals surface area contributed by atoms with E-state index in [4.69, 9.17) is 9.47 Å². The van der Waals surface area contributed by atoms with E-state index in [9.17, 15) is 9.59 Å². The Bertz CT molecular complexity index is 1640. The fourth-order valence-corrected chi connectivity index (χ4v) is 10.6. The number of benzene rings is 2. The van der Waals surface area contributed by atoms with Crippen LogP contribution < -0.4 is 9.47 Å². The van der Waals surface area contributed by atoms with Gasteiger partial charge in [0.1, 0.15) is 0 Å². The van der Waals surface area contributed by atoms with E-state index in [0.29, 0.717) is 36.2 Å². The molecule has 4 nitrogen and oxygen atoms in total. The van der Waals surface area contributed by atoms with E-state index in [2.05, 4.69) is 109 Å². The lowest BCUT2D eigenvalue weighted by Gasteiger charge is -2.23. The number of aryl methyl sites for hydroxylation is 2. The van der Waals surface area contributed by atoms with Crippen LogP contribution in [0.5, 0.6) is 11.5 Å². The van der Waals surface area contributed by atoms with E-state index in [1.807, 2.05) is 13.8 Å². The van der Waals surface area contributed by atoms with Crippen LogP contribution in [0.4, 0.5) is 0 Å². The number of carbonyl (C=O) groups excluding carboxylic acids is 2. The molecule has 0 aromatic heterocycles. The molecule has 0 aliphatic carbocycles. The number of hydrogen-bond acceptors (Lipinski definition) is 5. The van der Waals surface area contributed by atoms with Crippen LogP contribution in [0.1, 0.15) is 231 Å². The topological polar surface area (TPSA) is 52.6 Å². The summed E-state index contributed by atoms with van der Waals surface area (Å²) in [5, 5.41) is 0. The van der Waals surface area contributed by atoms with Crippen molar-refractivity contribution in [1.82, 2.24) is 0 Å². The Labute approximate surface area is 394 Å². The molecule has 2 aromatic carbocycles. The van der Waals surface area contributed by atoms with Crippen molar-refractivity contribution in [2.45, 2.75) is 249 Å². The second kappa shape index (κ2) is 30.1. The largest absolute Gasteiger partial charge is 0.422 e. The number of carbonyl (C=O) groups is 2. The molecular weight excluding hydrogens is 793 g/mol. The van der Waals surface area contributed by atoms with E-state index < -0.39 is 0 Å². The molecule has 2 rings (SSSR count). The summed E-state index contributed by atoms with van der Waals surface area (Å²) in [7, 11) is 0. The highest BCUT2D eigenvalue weighted by atomic mass is 32.2. The average molecular weight is 891 g/mol. The molecule has 0 radical (unpaired) electrons. The summed E-state index contributed by atoms with van der Waals surface area (Å²) in [6.45, 7) is 35.9. The summed E-state index contributed by atoms with van der Waals surface area (Å²) in [5.74, 6) is 5.39. The Morgan fingerprint density at radius 3 is 1.08 bits per heavy atom. The number of esters is 2. The minimum Gasteiger partial charge on any atom is -0.422 e. The Morgan fingerprint density at radius 2 is 0.714 bits per heavy atom. The smallest absolute Gasteiger partial charge is 0.311 e. The third-order valence-corrected chi connectivity index (χ3v) is 15.9. The number of hydrogen-bond donors (Lipinski definition) is 0. The van der Waals surface area contributed by atoms with Gasteiger partial charge in [-0.25, -0.2) is 0 Å². The quantitative estimate of drug-likeness (QED) is 0.0541. The summed E-state index contributed by atoms with van der Waals surface area (Å²) in [6.07, 6.45) is 23.3. The molecule has 0 heterocycles. The molecular formula is C58H98O4S. The van der Waals surface area contributed by atoms with Gasteiger partial charge in [-0.2, -0.15) is 0 Å². The van der Waals surface area contributed by atoms with Gasteiger partial charge in [-0.3, -0.25) is 9.59 Å². The van der Waals surface area contributed by atoms with E-state index in [1.165, 1.54) is 111 Å². The first-order chi connectivity index (χ1) is 29.7. The molecule has 63 heavy (non-hydrogen) atoms. The molecule has 0 spiro atoms. The van der Waals surface area contributed by atoms with Gasteiger partial charge in [0.05, 0.1) is 0 Å². The van der Waals surface area contributed by atoms with Crippen molar-refractivity contribution < 1.29 is 19.1 Å². The van der Waals surface area contributed by atoms with Gasteiger partial charge in [-0.1, -0.05) is 209 Å². The fraction of sp³-hybridized carbons (Fsp3) is 0.759. The SMILES string of the molecule is Cc1ccc(C)c(Sc2c(C)c(C)c(OC(=O)CC(C)CCCC(C)CCCC(C)CCCC(C)C)c(OC(=O)CC(C)CCCC(C)CCCC(C)CCCC(C)C)c2C)c1C. The van der Waals surface area contributed by atoms with Crippen LogP contribution in [0.15, 0.2) is 21.9 Å². The number of rotatable bonds is 32. The lowest BCUT2D eigenvalue weighted by molar-refractivity contribution is -0.138. The minimum absolute atomic E-state index is 0.210. The predicted molar refractivity (Wildman–Crippen MR) is 274 cm³/mol. The molecule has 0 N–H and O–H groups in total. The zero-order valence-corrected chi connectivity index (χ0v) is 44.8. The molecule has 2 aromatic rings. The van der Waals surface area contributed by atoms with Crippen LogP contribution in [0.2, 0.25) is 0 Å². The molecule has 0 amide bonds. The lowest BCUT2D eigenvalue weighted by Crippen LogP contribution is -2.18. The Morgan fingerprint density at radius 1 is 0.397 bits per heavy atom. The summed E-state index contributed by atoms with van der Waals surface area (Å²) in [6, 6.07) is 4.35. The van der Waals surface area contributed by atoms with Crippen LogP contribution in [0.25, 0.3) is 0 Å². The molecule has 360 valence electrons. The standard InChI is InChI=1S/C58H98O4S/c1-39(2)23-17-25-41(5)27-19-29-43(7)31-21-33-45(9)37-53(59)61-55-50(14)51(15)58(63-57-48(12)36-35-47(11)49(57)13)52(16)56(55)62-54(60)38-46(10)34-22-32-44(8)30-20-28-42(6)26-18-24-40(3)4/h35-36,39-46H,17-34,37-38H2,1-16H3. The molecule has 0 aliphatic rings. The zero-order chi connectivity index (χ0) is 47.2. The highest BCUT2D eigenvalue weighted by Gasteiger charge is 2.27. The van der Waals surface area contributed by atoms with Gasteiger partial charge in [-0.05, 0) is 117 Å². The molecule has 0 bridgehead atoms. The Kier molecular flexibility index (Phi) is 27.2. The van der Waals surface area contributed by atoms with Crippen molar-refractivity contribution in [3.63, 3.8) is 0 Å². The van der Waals surface area contributed by atoms with Crippen LogP contribution in [0.3, 0.4) is 0 Å². The molecule has 6 unspecified atom stereocenters. The normalized spacial score (nSPS) is 14.8. The molecule has 0 aliphatic heterocycles. The Hall–Kier alpha value is -2.27. The first-order valence-electron chi connectivity index (χ1n) is 26.0. The van der Waals surface area contributed by atoms with Crippen LogP contribution >= 0.6 is 11.8 Å². The highest BCUT2D eigenvalue weighted by Crippen LogP contribution is 2.47. The fourth-order valence-electron chi connectivity index (χ4n) is 9.32. The van der Waals surface area contributed by atoms with Crippen molar-refractivity contribution in [2.24, 2.45) is 47.3 Å². The summed E-state index contributed by atoms with van der Waals surface area (Å²) >= 11 is 1.73. The first kappa shape index (κ1) is 56.9. The van der Waals surface area contributed by atoms with E-state index in [1.54, 1.807) is 11.8 Å². The second-order valence-electron chi connectivity index (χ2n) is 22.0. The second-order valence-corrected chi connectivity index (χ2v) is 23.0. The van der Waals surface area contributed by atoms with E-state index >= 15 is 0 Å². The van der Waals surface area contributed by atoms with Crippen molar-refractivity contribution in [2.75, 3.05) is 0 Å². The van der Waals surface area contributed by atoms with Gasteiger partial charge < -0.3 is 9.47 Å². The van der Waals surface area contributed by atoms with Crippen LogP contribution in [-0.2, 0) is 9.59 Å². The highest BCUT2D eigenvalue weighted by molar-refractivity contribution is 7.99.